The van der Waals surface area contributed by atoms with Crippen molar-refractivity contribution in [2.24, 2.45) is 4.99 Å². The maximum atomic E-state index is 5.65. The van der Waals surface area contributed by atoms with Gasteiger partial charge in [-0.05, 0) is 32.4 Å². The second-order valence-corrected chi connectivity index (χ2v) is 5.19. The third kappa shape index (κ3) is 8.71. The summed E-state index contributed by atoms with van der Waals surface area (Å²) in [5, 5.41) is 10.2. The lowest BCUT2D eigenvalue weighted by Gasteiger charge is -2.12. The second-order valence-electron chi connectivity index (χ2n) is 5.19. The number of aryl methyl sites for hydroxylation is 2. The number of nitrogens with one attached hydrogen (secondary N) is 2. The van der Waals surface area contributed by atoms with Crippen molar-refractivity contribution in [3.63, 3.8) is 0 Å². The van der Waals surface area contributed by atoms with Crippen molar-refractivity contribution in [1.82, 2.24) is 20.8 Å². The van der Waals surface area contributed by atoms with E-state index in [1.807, 2.05) is 44.2 Å². The zero-order chi connectivity index (χ0) is 17.0. The Morgan fingerprint density at radius 1 is 1.24 bits per heavy atom. The topological polar surface area (TPSA) is 84.6 Å². The fourth-order valence-corrected chi connectivity index (χ4v) is 2.06. The molecule has 0 saturated heterocycles. The lowest BCUT2D eigenvalue weighted by atomic mass is 10.3. The van der Waals surface area contributed by atoms with Crippen LogP contribution in [0.5, 0.6) is 5.75 Å². The van der Waals surface area contributed by atoms with Crippen LogP contribution in [0.4, 0.5) is 0 Å². The second kappa shape index (κ2) is 12.5. The molecule has 2 aromatic rings. The Kier molecular flexibility index (Phi) is 10.6. The van der Waals surface area contributed by atoms with Crippen molar-refractivity contribution in [1.29, 1.82) is 0 Å². The molecule has 0 atom stereocenters. The van der Waals surface area contributed by atoms with E-state index in [2.05, 4.69) is 25.8 Å². The summed E-state index contributed by atoms with van der Waals surface area (Å²) in [6, 6.07) is 9.77. The number of hydrogen-bond donors (Lipinski definition) is 2. The normalized spacial score (nSPS) is 10.9. The molecule has 0 fully saturated rings. The van der Waals surface area contributed by atoms with Crippen LogP contribution in [0.15, 0.2) is 39.8 Å². The Bertz CT molecular complexity index is 619. The van der Waals surface area contributed by atoms with Crippen LogP contribution in [-0.2, 0) is 6.42 Å². The van der Waals surface area contributed by atoms with Gasteiger partial charge in [0.25, 0.3) is 0 Å². The molecule has 138 valence electrons. The molecule has 8 heteroatoms. The summed E-state index contributed by atoms with van der Waals surface area (Å²) < 4.78 is 10.7. The molecular formula is C17H26IN5O2. The van der Waals surface area contributed by atoms with Gasteiger partial charge in [-0.25, -0.2) is 0 Å². The Balaban J connectivity index is 0.00000312. The molecule has 0 aliphatic heterocycles. The van der Waals surface area contributed by atoms with E-state index in [4.69, 9.17) is 9.26 Å². The summed E-state index contributed by atoms with van der Waals surface area (Å²) in [5.74, 6) is 2.99. The summed E-state index contributed by atoms with van der Waals surface area (Å²) in [4.78, 5) is 8.71. The largest absolute Gasteiger partial charge is 0.492 e. The van der Waals surface area contributed by atoms with Crippen LogP contribution in [-0.4, -0.2) is 42.3 Å². The van der Waals surface area contributed by atoms with Gasteiger partial charge < -0.3 is 19.9 Å². The fraction of sp³-hybridized carbons (Fsp3) is 0.471. The number of nitrogens with zero attached hydrogens (tertiary/aromatic N) is 3. The molecule has 0 amide bonds. The van der Waals surface area contributed by atoms with Crippen molar-refractivity contribution in [2.75, 3.05) is 26.2 Å². The van der Waals surface area contributed by atoms with Crippen LogP contribution in [0.3, 0.4) is 0 Å². The van der Waals surface area contributed by atoms with Gasteiger partial charge in [0.1, 0.15) is 12.4 Å². The van der Waals surface area contributed by atoms with Crippen molar-refractivity contribution >= 4 is 29.9 Å². The Morgan fingerprint density at radius 2 is 2.04 bits per heavy atom. The predicted octanol–water partition coefficient (Wildman–Crippen LogP) is 2.56. The molecule has 1 aromatic heterocycles. The molecule has 0 unspecified atom stereocenters. The van der Waals surface area contributed by atoms with E-state index < -0.39 is 0 Å². The minimum atomic E-state index is 0. The average molecular weight is 459 g/mol. The number of para-hydroxylation sites is 1. The Hall–Kier alpha value is -1.84. The van der Waals surface area contributed by atoms with Gasteiger partial charge in [-0.15, -0.1) is 24.0 Å². The third-order valence-electron chi connectivity index (χ3n) is 3.14. The van der Waals surface area contributed by atoms with Gasteiger partial charge in [0, 0.05) is 19.5 Å². The van der Waals surface area contributed by atoms with Crippen LogP contribution in [0, 0.1) is 6.92 Å². The molecule has 25 heavy (non-hydrogen) atoms. The number of benzene rings is 1. The lowest BCUT2D eigenvalue weighted by Crippen LogP contribution is -2.39. The molecular weight excluding hydrogens is 433 g/mol. The summed E-state index contributed by atoms with van der Waals surface area (Å²) >= 11 is 0. The van der Waals surface area contributed by atoms with Crippen molar-refractivity contribution in [2.45, 2.75) is 26.7 Å². The minimum Gasteiger partial charge on any atom is -0.492 e. The van der Waals surface area contributed by atoms with E-state index in [1.54, 1.807) is 0 Å². The van der Waals surface area contributed by atoms with Gasteiger partial charge in [-0.1, -0.05) is 23.4 Å². The van der Waals surface area contributed by atoms with Gasteiger partial charge in [-0.2, -0.15) is 4.98 Å². The summed E-state index contributed by atoms with van der Waals surface area (Å²) in [6.45, 7) is 6.62. The van der Waals surface area contributed by atoms with E-state index >= 15 is 0 Å². The van der Waals surface area contributed by atoms with Gasteiger partial charge >= 0.3 is 0 Å². The lowest BCUT2D eigenvalue weighted by molar-refractivity contribution is 0.322. The molecule has 2 rings (SSSR count). The molecule has 2 N–H and O–H groups in total. The smallest absolute Gasteiger partial charge is 0.226 e. The zero-order valence-corrected chi connectivity index (χ0v) is 17.0. The van der Waals surface area contributed by atoms with Crippen LogP contribution in [0.25, 0.3) is 0 Å². The summed E-state index contributed by atoms with van der Waals surface area (Å²) in [7, 11) is 0. The highest BCUT2D eigenvalue weighted by Crippen LogP contribution is 2.07. The minimum absolute atomic E-state index is 0. The highest BCUT2D eigenvalue weighted by Gasteiger charge is 2.02. The first-order valence-electron chi connectivity index (χ1n) is 8.27. The number of rotatable bonds is 9. The maximum absolute atomic E-state index is 5.65. The first-order chi connectivity index (χ1) is 11.8. The highest BCUT2D eigenvalue weighted by atomic mass is 127. The van der Waals surface area contributed by atoms with Crippen LogP contribution in [0.1, 0.15) is 25.1 Å². The van der Waals surface area contributed by atoms with Gasteiger partial charge in [-0.3, -0.25) is 4.99 Å². The number of aromatic nitrogens is 2. The van der Waals surface area contributed by atoms with Crippen molar-refractivity contribution in [3.05, 3.63) is 42.0 Å². The SMILES string of the molecule is CCNC(=NCCCc1nc(C)no1)NCCOc1ccccc1.I. The average Bonchev–Trinajstić information content (AvgIpc) is 3.01. The summed E-state index contributed by atoms with van der Waals surface area (Å²) in [6.07, 6.45) is 1.60. The molecule has 7 nitrogen and oxygen atoms in total. The van der Waals surface area contributed by atoms with Crippen molar-refractivity contribution < 1.29 is 9.26 Å². The first-order valence-corrected chi connectivity index (χ1v) is 8.27. The van der Waals surface area contributed by atoms with E-state index in [0.29, 0.717) is 31.4 Å². The molecule has 0 aliphatic rings. The number of aliphatic imine (C=N–C) groups is 1. The highest BCUT2D eigenvalue weighted by molar-refractivity contribution is 14.0. The Labute approximate surface area is 165 Å². The van der Waals surface area contributed by atoms with Crippen LogP contribution >= 0.6 is 24.0 Å². The van der Waals surface area contributed by atoms with E-state index in [0.717, 1.165) is 31.1 Å². The number of ether oxygens (including phenoxy) is 1. The number of halogens is 1. The monoisotopic (exact) mass is 459 g/mol. The molecule has 0 spiro atoms. The molecule has 0 saturated carbocycles. The predicted molar refractivity (Wildman–Crippen MR) is 109 cm³/mol. The van der Waals surface area contributed by atoms with Gasteiger partial charge in [0.2, 0.25) is 5.89 Å². The summed E-state index contributed by atoms with van der Waals surface area (Å²) in [5.41, 5.74) is 0. The van der Waals surface area contributed by atoms with Crippen LogP contribution in [0.2, 0.25) is 0 Å². The number of guanidine groups is 1. The van der Waals surface area contributed by atoms with Gasteiger partial charge in [0.05, 0.1) is 6.54 Å². The molecule has 1 heterocycles. The standard InChI is InChI=1S/C17H25N5O2.HI/c1-3-18-17(19-11-7-10-16-21-14(2)22-24-16)20-12-13-23-15-8-5-4-6-9-15;/h4-6,8-9H,3,7,10-13H2,1-2H3,(H2,18,19,20);1H. The van der Waals surface area contributed by atoms with Gasteiger partial charge in [0.15, 0.2) is 11.8 Å². The maximum Gasteiger partial charge on any atom is 0.226 e. The first kappa shape index (κ1) is 21.2. The van der Waals surface area contributed by atoms with Crippen LogP contribution < -0.4 is 15.4 Å². The Morgan fingerprint density at radius 3 is 2.72 bits per heavy atom. The fourth-order valence-electron chi connectivity index (χ4n) is 2.06. The quantitative estimate of drug-likeness (QED) is 0.260. The van der Waals surface area contributed by atoms with E-state index in [1.165, 1.54) is 0 Å². The molecule has 1 aromatic carbocycles. The van der Waals surface area contributed by atoms with E-state index in [9.17, 15) is 0 Å². The zero-order valence-electron chi connectivity index (χ0n) is 14.7. The van der Waals surface area contributed by atoms with E-state index in [-0.39, 0.29) is 24.0 Å². The third-order valence-corrected chi connectivity index (χ3v) is 3.14. The number of hydrogen-bond acceptors (Lipinski definition) is 5. The van der Waals surface area contributed by atoms with Crippen molar-refractivity contribution in [3.8, 4) is 5.75 Å². The molecule has 0 bridgehead atoms. The molecule has 0 radical (unpaired) electrons. The molecule has 0 aliphatic carbocycles.